The highest BCUT2D eigenvalue weighted by molar-refractivity contribution is 9.10. The maximum absolute atomic E-state index is 13.1. The fraction of sp³-hybridized carbons (Fsp3) is 0.0714. The van der Waals surface area contributed by atoms with Gasteiger partial charge in [0, 0.05) is 16.5 Å². The molecule has 0 aliphatic carbocycles. The van der Waals surface area contributed by atoms with Crippen LogP contribution in [0, 0.1) is 23.3 Å². The van der Waals surface area contributed by atoms with Crippen molar-refractivity contribution in [1.29, 1.82) is 0 Å². The molecule has 6 heteroatoms. The molecule has 2 rings (SSSR count). The predicted octanol–water partition coefficient (Wildman–Crippen LogP) is 4.43. The standard InChI is InChI=1S/C14H7BrF4O/c15-10-2-1-9(16)3-7(10)6-13(20)8-4-11(17)14(19)12(18)5-8/h1-5H,6H2. The van der Waals surface area contributed by atoms with Gasteiger partial charge in [-0.15, -0.1) is 0 Å². The number of benzene rings is 2. The Morgan fingerprint density at radius 3 is 2.20 bits per heavy atom. The van der Waals surface area contributed by atoms with E-state index in [0.29, 0.717) is 22.2 Å². The third-order valence-electron chi connectivity index (χ3n) is 2.66. The van der Waals surface area contributed by atoms with Crippen molar-refractivity contribution in [2.45, 2.75) is 6.42 Å². The molecule has 0 spiro atoms. The number of Topliss-reactive ketones (excluding diaryl/α,β-unsaturated/α-hetero) is 1. The van der Waals surface area contributed by atoms with Gasteiger partial charge in [-0.05, 0) is 35.9 Å². The summed E-state index contributed by atoms with van der Waals surface area (Å²) in [6.07, 6.45) is -0.261. The molecule has 2 aromatic rings. The number of hydrogen-bond acceptors (Lipinski definition) is 1. The summed E-state index contributed by atoms with van der Waals surface area (Å²) >= 11 is 3.14. The second-order valence-corrected chi connectivity index (χ2v) is 4.94. The molecule has 0 fully saturated rings. The average molecular weight is 347 g/mol. The summed E-state index contributed by atoms with van der Waals surface area (Å²) in [4.78, 5) is 11.9. The van der Waals surface area contributed by atoms with Crippen molar-refractivity contribution < 1.29 is 22.4 Å². The van der Waals surface area contributed by atoms with Crippen molar-refractivity contribution >= 4 is 21.7 Å². The van der Waals surface area contributed by atoms with Crippen LogP contribution >= 0.6 is 15.9 Å². The van der Waals surface area contributed by atoms with E-state index in [1.807, 2.05) is 0 Å². The van der Waals surface area contributed by atoms with E-state index < -0.39 is 29.1 Å². The largest absolute Gasteiger partial charge is 0.294 e. The van der Waals surface area contributed by atoms with Crippen molar-refractivity contribution in [3.63, 3.8) is 0 Å². The summed E-state index contributed by atoms with van der Waals surface area (Å²) in [5.74, 6) is -5.69. The Morgan fingerprint density at radius 2 is 1.60 bits per heavy atom. The highest BCUT2D eigenvalue weighted by Gasteiger charge is 2.16. The van der Waals surface area contributed by atoms with Gasteiger partial charge >= 0.3 is 0 Å². The van der Waals surface area contributed by atoms with Gasteiger partial charge < -0.3 is 0 Å². The van der Waals surface area contributed by atoms with E-state index >= 15 is 0 Å². The minimum absolute atomic E-state index is 0.261. The zero-order valence-electron chi connectivity index (χ0n) is 9.89. The molecule has 0 heterocycles. The van der Waals surface area contributed by atoms with Gasteiger partial charge in [0.15, 0.2) is 23.2 Å². The Balaban J connectivity index is 2.31. The number of carbonyl (C=O) groups excluding carboxylic acids is 1. The minimum atomic E-state index is -1.63. The smallest absolute Gasteiger partial charge is 0.194 e. The Morgan fingerprint density at radius 1 is 1.00 bits per heavy atom. The van der Waals surface area contributed by atoms with E-state index in [-0.39, 0.29) is 12.0 Å². The fourth-order valence-electron chi connectivity index (χ4n) is 1.67. The maximum Gasteiger partial charge on any atom is 0.194 e. The number of hydrogen-bond donors (Lipinski definition) is 0. The SMILES string of the molecule is O=C(Cc1cc(F)ccc1Br)c1cc(F)c(F)c(F)c1. The van der Waals surface area contributed by atoms with Crippen LogP contribution in [0.4, 0.5) is 17.6 Å². The average Bonchev–Trinajstić information content (AvgIpc) is 2.39. The number of ketones is 1. The number of carbonyl (C=O) groups is 1. The molecule has 0 saturated carbocycles. The Labute approximate surface area is 120 Å². The zero-order chi connectivity index (χ0) is 14.9. The Bertz CT molecular complexity index is 662. The van der Waals surface area contributed by atoms with Crippen LogP contribution in [-0.4, -0.2) is 5.78 Å². The second kappa shape index (κ2) is 5.75. The van der Waals surface area contributed by atoms with Crippen LogP contribution in [0.3, 0.4) is 0 Å². The van der Waals surface area contributed by atoms with Crippen molar-refractivity contribution in [2.24, 2.45) is 0 Å². The molecule has 104 valence electrons. The summed E-state index contributed by atoms with van der Waals surface area (Å²) in [7, 11) is 0. The van der Waals surface area contributed by atoms with E-state index in [2.05, 4.69) is 15.9 Å². The molecule has 0 bridgehead atoms. The van der Waals surface area contributed by atoms with Gasteiger partial charge in [0.1, 0.15) is 5.82 Å². The molecule has 0 amide bonds. The molecular weight excluding hydrogens is 340 g/mol. The molecule has 1 nitrogen and oxygen atoms in total. The Kier molecular flexibility index (Phi) is 4.23. The molecular formula is C14H7BrF4O. The lowest BCUT2D eigenvalue weighted by molar-refractivity contribution is 0.0991. The zero-order valence-corrected chi connectivity index (χ0v) is 11.5. The van der Waals surface area contributed by atoms with Crippen LogP contribution in [0.1, 0.15) is 15.9 Å². The van der Waals surface area contributed by atoms with E-state index in [9.17, 15) is 22.4 Å². The quantitative estimate of drug-likeness (QED) is 0.456. The Hall–Kier alpha value is -1.69. The minimum Gasteiger partial charge on any atom is -0.294 e. The first-order chi connectivity index (χ1) is 9.38. The van der Waals surface area contributed by atoms with Gasteiger partial charge in [0.05, 0.1) is 0 Å². The van der Waals surface area contributed by atoms with Crippen LogP contribution in [0.5, 0.6) is 0 Å². The lowest BCUT2D eigenvalue weighted by Crippen LogP contribution is -2.07. The lowest BCUT2D eigenvalue weighted by Gasteiger charge is -2.05. The van der Waals surface area contributed by atoms with E-state index in [4.69, 9.17) is 0 Å². The van der Waals surface area contributed by atoms with Crippen LogP contribution in [0.15, 0.2) is 34.8 Å². The van der Waals surface area contributed by atoms with Gasteiger partial charge in [0.2, 0.25) is 0 Å². The number of halogens is 5. The summed E-state index contributed by atoms with van der Waals surface area (Å²) in [6.45, 7) is 0. The predicted molar refractivity (Wildman–Crippen MR) is 68.5 cm³/mol. The van der Waals surface area contributed by atoms with Crippen LogP contribution in [0.25, 0.3) is 0 Å². The first-order valence-electron chi connectivity index (χ1n) is 5.50. The van der Waals surface area contributed by atoms with Crippen molar-refractivity contribution in [3.05, 3.63) is 69.2 Å². The summed E-state index contributed by atoms with van der Waals surface area (Å²) < 4.78 is 52.5. The molecule has 2 aromatic carbocycles. The van der Waals surface area contributed by atoms with Gasteiger partial charge in [-0.1, -0.05) is 15.9 Å². The van der Waals surface area contributed by atoms with Crippen molar-refractivity contribution in [3.8, 4) is 0 Å². The van der Waals surface area contributed by atoms with Gasteiger partial charge in [-0.3, -0.25) is 4.79 Å². The highest BCUT2D eigenvalue weighted by Crippen LogP contribution is 2.21. The third-order valence-corrected chi connectivity index (χ3v) is 3.44. The monoisotopic (exact) mass is 346 g/mol. The summed E-state index contributed by atoms with van der Waals surface area (Å²) in [5.41, 5.74) is 0.0257. The van der Waals surface area contributed by atoms with Gasteiger partial charge in [-0.2, -0.15) is 0 Å². The molecule has 0 aromatic heterocycles. The molecule has 0 atom stereocenters. The molecule has 0 aliphatic rings. The third kappa shape index (κ3) is 3.07. The fourth-order valence-corrected chi connectivity index (χ4v) is 2.06. The van der Waals surface area contributed by atoms with Crippen LogP contribution in [0.2, 0.25) is 0 Å². The molecule has 0 unspecified atom stereocenters. The normalized spacial score (nSPS) is 10.7. The van der Waals surface area contributed by atoms with E-state index in [1.54, 1.807) is 0 Å². The van der Waals surface area contributed by atoms with Gasteiger partial charge in [0.25, 0.3) is 0 Å². The lowest BCUT2D eigenvalue weighted by atomic mass is 10.0. The van der Waals surface area contributed by atoms with E-state index in [1.165, 1.54) is 12.1 Å². The van der Waals surface area contributed by atoms with Crippen molar-refractivity contribution in [2.75, 3.05) is 0 Å². The maximum atomic E-state index is 13.1. The second-order valence-electron chi connectivity index (χ2n) is 4.09. The summed E-state index contributed by atoms with van der Waals surface area (Å²) in [6, 6.07) is 5.00. The topological polar surface area (TPSA) is 17.1 Å². The molecule has 0 aliphatic heterocycles. The van der Waals surface area contributed by atoms with Crippen LogP contribution in [-0.2, 0) is 6.42 Å². The molecule has 0 radical (unpaired) electrons. The van der Waals surface area contributed by atoms with Crippen molar-refractivity contribution in [1.82, 2.24) is 0 Å². The molecule has 0 N–H and O–H groups in total. The van der Waals surface area contributed by atoms with E-state index in [0.717, 1.165) is 6.07 Å². The molecule has 0 saturated heterocycles. The first kappa shape index (κ1) is 14.7. The number of rotatable bonds is 3. The molecule has 20 heavy (non-hydrogen) atoms. The van der Waals surface area contributed by atoms with Crippen LogP contribution < -0.4 is 0 Å². The summed E-state index contributed by atoms with van der Waals surface area (Å²) in [5, 5.41) is 0. The van der Waals surface area contributed by atoms with Gasteiger partial charge in [-0.25, -0.2) is 17.6 Å². The highest BCUT2D eigenvalue weighted by atomic mass is 79.9. The first-order valence-corrected chi connectivity index (χ1v) is 6.29.